The highest BCUT2D eigenvalue weighted by Crippen LogP contribution is 2.39. The molecular weight excluding hydrogens is 278 g/mol. The molecule has 0 radical (unpaired) electrons. The van der Waals surface area contributed by atoms with Gasteiger partial charge in [-0.2, -0.15) is 0 Å². The van der Waals surface area contributed by atoms with Gasteiger partial charge in [0.1, 0.15) is 0 Å². The predicted octanol–water partition coefficient (Wildman–Crippen LogP) is 1.36. The van der Waals surface area contributed by atoms with Gasteiger partial charge in [-0.15, -0.1) is 0 Å². The summed E-state index contributed by atoms with van der Waals surface area (Å²) in [6.07, 6.45) is 1.94. The molecule has 1 saturated carbocycles. The van der Waals surface area contributed by atoms with Gasteiger partial charge in [0, 0.05) is 6.04 Å². The summed E-state index contributed by atoms with van der Waals surface area (Å²) >= 11 is 0. The Hall–Kier alpha value is -1.40. The molecular formula is C14H17NO4S. The first-order valence-corrected chi connectivity index (χ1v) is 8.35. The molecule has 1 aliphatic carbocycles. The molecule has 1 saturated heterocycles. The molecule has 108 valence electrons. The summed E-state index contributed by atoms with van der Waals surface area (Å²) < 4.78 is 24.9. The Morgan fingerprint density at radius 2 is 1.90 bits per heavy atom. The summed E-state index contributed by atoms with van der Waals surface area (Å²) in [6, 6.07) is 6.37. The monoisotopic (exact) mass is 295 g/mol. The van der Waals surface area contributed by atoms with Crippen LogP contribution in [0, 0.1) is 5.92 Å². The van der Waals surface area contributed by atoms with Crippen molar-refractivity contribution in [3.05, 3.63) is 29.8 Å². The zero-order chi connectivity index (χ0) is 14.3. The number of carbonyl (C=O) groups is 1. The summed E-state index contributed by atoms with van der Waals surface area (Å²) in [7, 11) is -3.32. The van der Waals surface area contributed by atoms with Crippen LogP contribution < -0.4 is 5.32 Å². The topological polar surface area (TPSA) is 83.5 Å². The Morgan fingerprint density at radius 1 is 1.20 bits per heavy atom. The smallest absolute Gasteiger partial charge is 0.308 e. The normalized spacial score (nSPS) is 26.6. The number of hydrogen-bond acceptors (Lipinski definition) is 4. The summed E-state index contributed by atoms with van der Waals surface area (Å²) in [5, 5.41) is 12.1. The van der Waals surface area contributed by atoms with Crippen molar-refractivity contribution in [3.63, 3.8) is 0 Å². The highest BCUT2D eigenvalue weighted by atomic mass is 32.2. The predicted molar refractivity (Wildman–Crippen MR) is 73.1 cm³/mol. The second kappa shape index (κ2) is 4.86. The van der Waals surface area contributed by atoms with Crippen molar-refractivity contribution in [2.24, 2.45) is 5.92 Å². The van der Waals surface area contributed by atoms with Gasteiger partial charge in [-0.3, -0.25) is 4.79 Å². The molecule has 6 heteroatoms. The zero-order valence-electron chi connectivity index (χ0n) is 11.0. The molecule has 1 aromatic rings. The number of benzene rings is 1. The molecule has 0 aromatic heterocycles. The molecule has 2 N–H and O–H groups in total. The van der Waals surface area contributed by atoms with Crippen molar-refractivity contribution >= 4 is 15.8 Å². The number of nitrogens with one attached hydrogen (secondary N) is 1. The molecule has 2 aliphatic rings. The van der Waals surface area contributed by atoms with E-state index in [1.54, 1.807) is 24.3 Å². The number of rotatable bonds is 4. The molecule has 0 amide bonds. The van der Waals surface area contributed by atoms with Crippen LogP contribution in [-0.4, -0.2) is 31.3 Å². The lowest BCUT2D eigenvalue weighted by Crippen LogP contribution is -2.25. The molecule has 2 atom stereocenters. The van der Waals surface area contributed by atoms with Crippen molar-refractivity contribution in [2.45, 2.75) is 35.4 Å². The van der Waals surface area contributed by atoms with Crippen molar-refractivity contribution in [2.75, 3.05) is 6.54 Å². The molecule has 3 rings (SSSR count). The van der Waals surface area contributed by atoms with Crippen molar-refractivity contribution in [1.29, 1.82) is 0 Å². The first-order chi connectivity index (χ1) is 9.51. The van der Waals surface area contributed by atoms with Crippen LogP contribution in [0.4, 0.5) is 0 Å². The summed E-state index contributed by atoms with van der Waals surface area (Å²) in [4.78, 5) is 11.6. The minimum absolute atomic E-state index is 0.284. The lowest BCUT2D eigenvalue weighted by atomic mass is 9.94. The zero-order valence-corrected chi connectivity index (χ0v) is 11.8. The second-order valence-electron chi connectivity index (χ2n) is 5.45. The van der Waals surface area contributed by atoms with E-state index in [1.165, 1.54) is 0 Å². The molecule has 1 heterocycles. The molecule has 1 aromatic carbocycles. The van der Waals surface area contributed by atoms with E-state index in [9.17, 15) is 18.3 Å². The largest absolute Gasteiger partial charge is 0.481 e. The van der Waals surface area contributed by atoms with E-state index in [2.05, 4.69) is 5.32 Å². The maximum atomic E-state index is 12.5. The average molecular weight is 295 g/mol. The Kier molecular flexibility index (Phi) is 3.30. The van der Waals surface area contributed by atoms with E-state index in [-0.39, 0.29) is 5.25 Å². The van der Waals surface area contributed by atoms with Crippen LogP contribution in [0.25, 0.3) is 0 Å². The van der Waals surface area contributed by atoms with E-state index in [0.29, 0.717) is 36.3 Å². The number of aliphatic carboxylic acids is 1. The number of sulfone groups is 1. The van der Waals surface area contributed by atoms with Crippen molar-refractivity contribution in [3.8, 4) is 0 Å². The Labute approximate surface area is 117 Å². The minimum atomic E-state index is -3.32. The van der Waals surface area contributed by atoms with Gasteiger partial charge in [0.25, 0.3) is 0 Å². The number of hydrogen-bond donors (Lipinski definition) is 2. The van der Waals surface area contributed by atoms with Crippen LogP contribution in [0.5, 0.6) is 0 Å². The van der Waals surface area contributed by atoms with E-state index >= 15 is 0 Å². The van der Waals surface area contributed by atoms with Gasteiger partial charge in [-0.1, -0.05) is 18.2 Å². The minimum Gasteiger partial charge on any atom is -0.481 e. The highest BCUT2D eigenvalue weighted by molar-refractivity contribution is 7.92. The van der Waals surface area contributed by atoms with E-state index in [4.69, 9.17) is 0 Å². The highest BCUT2D eigenvalue weighted by Gasteiger charge is 2.41. The van der Waals surface area contributed by atoms with Crippen LogP contribution >= 0.6 is 0 Å². The summed E-state index contributed by atoms with van der Waals surface area (Å²) in [5.41, 5.74) is 0.601. The van der Waals surface area contributed by atoms with Crippen LogP contribution in [-0.2, 0) is 14.6 Å². The molecule has 0 spiro atoms. The van der Waals surface area contributed by atoms with Gasteiger partial charge >= 0.3 is 5.97 Å². The van der Waals surface area contributed by atoms with Gasteiger partial charge in [0.15, 0.2) is 9.84 Å². The quantitative estimate of drug-likeness (QED) is 0.876. The Balaban J connectivity index is 2.04. The third-order valence-corrected chi connectivity index (χ3v) is 6.40. The maximum absolute atomic E-state index is 12.5. The number of carboxylic acid groups (broad SMARTS) is 1. The fourth-order valence-corrected chi connectivity index (χ4v) is 4.76. The van der Waals surface area contributed by atoms with Crippen LogP contribution in [0.15, 0.2) is 29.2 Å². The Morgan fingerprint density at radius 3 is 2.55 bits per heavy atom. The third-order valence-electron chi connectivity index (χ3n) is 4.06. The summed E-state index contributed by atoms with van der Waals surface area (Å²) in [6.45, 7) is 0.597. The van der Waals surface area contributed by atoms with E-state index in [1.807, 2.05) is 0 Å². The fraction of sp³-hybridized carbons (Fsp3) is 0.500. The maximum Gasteiger partial charge on any atom is 0.308 e. The molecule has 0 bridgehead atoms. The first-order valence-electron chi connectivity index (χ1n) is 6.81. The van der Waals surface area contributed by atoms with Crippen molar-refractivity contribution in [1.82, 2.24) is 5.32 Å². The fourth-order valence-electron chi connectivity index (χ4n) is 2.85. The van der Waals surface area contributed by atoms with Gasteiger partial charge < -0.3 is 10.4 Å². The van der Waals surface area contributed by atoms with Gasteiger partial charge in [-0.25, -0.2) is 8.42 Å². The first kappa shape index (κ1) is 13.6. The molecule has 2 fully saturated rings. The SMILES string of the molecule is O=C(O)C1CCN[C@H]1c1ccccc1S(=O)(=O)C1CC1. The van der Waals surface area contributed by atoms with Gasteiger partial charge in [0.05, 0.1) is 16.1 Å². The number of carboxylic acids is 1. The average Bonchev–Trinajstić information content (AvgIpc) is 3.17. The molecule has 1 unspecified atom stereocenters. The molecule has 5 nitrogen and oxygen atoms in total. The third kappa shape index (κ3) is 2.23. The second-order valence-corrected chi connectivity index (χ2v) is 7.64. The van der Waals surface area contributed by atoms with Crippen molar-refractivity contribution < 1.29 is 18.3 Å². The van der Waals surface area contributed by atoms with E-state index < -0.39 is 27.8 Å². The van der Waals surface area contributed by atoms with Gasteiger partial charge in [-0.05, 0) is 37.4 Å². The summed E-state index contributed by atoms with van der Waals surface area (Å²) in [5.74, 6) is -1.44. The molecule has 20 heavy (non-hydrogen) atoms. The van der Waals surface area contributed by atoms with E-state index in [0.717, 1.165) is 0 Å². The van der Waals surface area contributed by atoms with Gasteiger partial charge in [0.2, 0.25) is 0 Å². The lowest BCUT2D eigenvalue weighted by molar-refractivity contribution is -0.142. The Bertz CT molecular complexity index is 636. The van der Waals surface area contributed by atoms with Crippen LogP contribution in [0.1, 0.15) is 30.9 Å². The molecule has 1 aliphatic heterocycles. The van der Waals surface area contributed by atoms with Crippen LogP contribution in [0.2, 0.25) is 0 Å². The lowest BCUT2D eigenvalue weighted by Gasteiger charge is -2.19. The standard InChI is InChI=1S/C14H17NO4S/c16-14(17)11-7-8-15-13(11)10-3-1-2-4-12(10)20(18,19)9-5-6-9/h1-4,9,11,13,15H,5-8H2,(H,16,17)/t11?,13-/m0/s1. The van der Waals surface area contributed by atoms with Crippen LogP contribution in [0.3, 0.4) is 0 Å².